The second-order valence-electron chi connectivity index (χ2n) is 5.59. The number of hydrogen-bond donors (Lipinski definition) is 1. The summed E-state index contributed by atoms with van der Waals surface area (Å²) in [5, 5.41) is -0.696. The van der Waals surface area contributed by atoms with E-state index in [2.05, 4.69) is 9.72 Å². The van der Waals surface area contributed by atoms with E-state index in [0.29, 0.717) is 12.3 Å². The van der Waals surface area contributed by atoms with E-state index < -0.39 is 70.2 Å². The number of carbonyl (C=O) groups is 2. The molecule has 13 heteroatoms. The van der Waals surface area contributed by atoms with Crippen LogP contribution in [0.4, 0.5) is 26.3 Å². The number of alkyl halides is 6. The van der Waals surface area contributed by atoms with Crippen LogP contribution in [-0.4, -0.2) is 16.7 Å². The minimum Gasteiger partial charge on any atom is -1.00 e. The molecule has 30 heavy (non-hydrogen) atoms. The third kappa shape index (κ3) is 6.49. The molecule has 0 radical (unpaired) electrons. The minimum absolute atomic E-state index is 0. The number of hydrogen-bond acceptors (Lipinski definition) is 5. The fourth-order valence-corrected chi connectivity index (χ4v) is 2.63. The number of nitrogens with zero attached hydrogens (tertiary/aromatic N) is 1. The zero-order chi connectivity index (χ0) is 22.0. The summed E-state index contributed by atoms with van der Waals surface area (Å²) >= 11 is 5.75. The Hall–Kier alpha value is -1.02. The number of aromatic nitrogens is 1. The van der Waals surface area contributed by atoms with Gasteiger partial charge in [0.05, 0.1) is 11.1 Å². The molecule has 1 aromatic heterocycles. The SMILES string of the molecule is NCc1c(C(F)(F)F)cnc(OC(=O)CC(=O)c2ccccc2C(F)(F)F)c1Cl.[H-].[K+]. The molecule has 1 aromatic carbocycles. The molecule has 158 valence electrons. The van der Waals surface area contributed by atoms with Crippen LogP contribution in [0.3, 0.4) is 0 Å². The number of rotatable bonds is 5. The van der Waals surface area contributed by atoms with Crippen LogP contribution in [0.1, 0.15) is 34.9 Å². The van der Waals surface area contributed by atoms with E-state index in [4.69, 9.17) is 17.3 Å². The number of Topliss-reactive ketones (excluding diaryl/α,β-unsaturated/α-hetero) is 1. The van der Waals surface area contributed by atoms with Crippen molar-refractivity contribution in [3.63, 3.8) is 0 Å². The fraction of sp³-hybridized carbons (Fsp3) is 0.235. The van der Waals surface area contributed by atoms with Crippen LogP contribution >= 0.6 is 11.6 Å². The third-order valence-corrected chi connectivity index (χ3v) is 4.04. The fourth-order valence-electron chi connectivity index (χ4n) is 2.36. The van der Waals surface area contributed by atoms with E-state index in [1.54, 1.807) is 0 Å². The summed E-state index contributed by atoms with van der Waals surface area (Å²) in [6.45, 7) is -0.654. The first kappa shape index (κ1) is 27.0. The zero-order valence-electron chi connectivity index (χ0n) is 16.2. The Morgan fingerprint density at radius 3 is 2.17 bits per heavy atom. The van der Waals surface area contributed by atoms with Crippen molar-refractivity contribution in [3.8, 4) is 5.88 Å². The molecule has 2 rings (SSSR count). The number of halogens is 7. The average molecular weight is 481 g/mol. The zero-order valence-corrected chi connectivity index (χ0v) is 19.1. The van der Waals surface area contributed by atoms with Crippen LogP contribution in [0.5, 0.6) is 5.88 Å². The predicted octanol–water partition coefficient (Wildman–Crippen LogP) is 1.53. The van der Waals surface area contributed by atoms with Crippen molar-refractivity contribution in [3.05, 3.63) is 57.7 Å². The molecule has 0 atom stereocenters. The molecule has 1 heterocycles. The predicted molar refractivity (Wildman–Crippen MR) is 89.3 cm³/mol. The molecule has 5 nitrogen and oxygen atoms in total. The molecule has 2 N–H and O–H groups in total. The van der Waals surface area contributed by atoms with Crippen LogP contribution in [0, 0.1) is 0 Å². The van der Waals surface area contributed by atoms with Gasteiger partial charge in [-0.3, -0.25) is 9.59 Å². The van der Waals surface area contributed by atoms with Crippen molar-refractivity contribution in [1.82, 2.24) is 4.98 Å². The monoisotopic (exact) mass is 480 g/mol. The Balaban J connectivity index is 0.00000450. The molecule has 0 spiro atoms. The number of ketones is 1. The maximum Gasteiger partial charge on any atom is 1.00 e. The van der Waals surface area contributed by atoms with Gasteiger partial charge in [0.2, 0.25) is 5.88 Å². The van der Waals surface area contributed by atoms with Gasteiger partial charge in [-0.15, -0.1) is 0 Å². The van der Waals surface area contributed by atoms with Gasteiger partial charge in [0.15, 0.2) is 5.78 Å². The summed E-state index contributed by atoms with van der Waals surface area (Å²) in [6, 6.07) is 3.79. The molecule has 2 aromatic rings. The Kier molecular flexibility index (Phi) is 9.48. The largest absolute Gasteiger partial charge is 1.00 e. The molecule has 0 fully saturated rings. The molecule has 0 amide bonds. The van der Waals surface area contributed by atoms with Gasteiger partial charge in [-0.1, -0.05) is 29.8 Å². The molecule has 0 aliphatic rings. The molecule has 0 aliphatic heterocycles. The normalized spacial score (nSPS) is 11.6. The first-order valence-corrected chi connectivity index (χ1v) is 8.08. The Bertz CT molecular complexity index is 956. The summed E-state index contributed by atoms with van der Waals surface area (Å²) in [5.74, 6) is -3.31. The molecular formula is C17H12ClF6KN2O3. The molecular weight excluding hydrogens is 469 g/mol. The number of carbonyl (C=O) groups excluding carboxylic acids is 2. The second kappa shape index (κ2) is 10.5. The van der Waals surface area contributed by atoms with Gasteiger partial charge in [-0.05, 0) is 6.07 Å². The first-order chi connectivity index (χ1) is 13.4. The maximum absolute atomic E-state index is 13.0. The van der Waals surface area contributed by atoms with Gasteiger partial charge in [0.1, 0.15) is 11.4 Å². The summed E-state index contributed by atoms with van der Waals surface area (Å²) in [5.41, 5.74) is 1.42. The topological polar surface area (TPSA) is 82.3 Å². The van der Waals surface area contributed by atoms with Crippen LogP contribution in [0.15, 0.2) is 30.5 Å². The average Bonchev–Trinajstić information content (AvgIpc) is 2.61. The van der Waals surface area contributed by atoms with Gasteiger partial charge in [0, 0.05) is 23.9 Å². The Morgan fingerprint density at radius 1 is 1.07 bits per heavy atom. The summed E-state index contributed by atoms with van der Waals surface area (Å²) in [4.78, 5) is 27.3. The number of nitrogens with two attached hydrogens (primary N) is 1. The van der Waals surface area contributed by atoms with E-state index in [1.807, 2.05) is 0 Å². The van der Waals surface area contributed by atoms with Gasteiger partial charge >= 0.3 is 69.7 Å². The van der Waals surface area contributed by atoms with E-state index in [1.165, 1.54) is 6.07 Å². The maximum atomic E-state index is 13.0. The van der Waals surface area contributed by atoms with Crippen molar-refractivity contribution in [2.45, 2.75) is 25.3 Å². The second-order valence-corrected chi connectivity index (χ2v) is 5.97. The van der Waals surface area contributed by atoms with Gasteiger partial charge in [-0.25, -0.2) is 4.98 Å². The first-order valence-electron chi connectivity index (χ1n) is 7.71. The van der Waals surface area contributed by atoms with E-state index in [0.717, 1.165) is 12.1 Å². The van der Waals surface area contributed by atoms with Crippen molar-refractivity contribution < 1.29 is 93.5 Å². The smallest absolute Gasteiger partial charge is 1.00 e. The molecule has 0 aliphatic carbocycles. The van der Waals surface area contributed by atoms with Gasteiger partial charge in [0.25, 0.3) is 0 Å². The van der Waals surface area contributed by atoms with E-state index in [-0.39, 0.29) is 52.8 Å². The number of esters is 1. The van der Waals surface area contributed by atoms with Crippen LogP contribution < -0.4 is 61.9 Å². The molecule has 0 unspecified atom stereocenters. The van der Waals surface area contributed by atoms with Crippen LogP contribution in [-0.2, 0) is 23.7 Å². The van der Waals surface area contributed by atoms with Gasteiger partial charge < -0.3 is 11.9 Å². The molecule has 0 saturated carbocycles. The molecule has 0 saturated heterocycles. The third-order valence-electron chi connectivity index (χ3n) is 3.65. The van der Waals surface area contributed by atoms with Gasteiger partial charge in [-0.2, -0.15) is 26.3 Å². The summed E-state index contributed by atoms with van der Waals surface area (Å²) < 4.78 is 82.3. The minimum atomic E-state index is -4.83. The Labute approximate surface area is 214 Å². The molecule has 0 bridgehead atoms. The quantitative estimate of drug-likeness (QED) is 0.231. The van der Waals surface area contributed by atoms with Crippen LogP contribution in [0.2, 0.25) is 5.02 Å². The van der Waals surface area contributed by atoms with E-state index in [9.17, 15) is 35.9 Å². The van der Waals surface area contributed by atoms with Crippen molar-refractivity contribution >= 4 is 23.4 Å². The number of ether oxygens (including phenoxy) is 1. The van der Waals surface area contributed by atoms with Crippen LogP contribution in [0.25, 0.3) is 0 Å². The van der Waals surface area contributed by atoms with Crippen molar-refractivity contribution in [1.29, 1.82) is 0 Å². The number of benzene rings is 1. The van der Waals surface area contributed by atoms with Crippen molar-refractivity contribution in [2.24, 2.45) is 5.73 Å². The Morgan fingerprint density at radius 2 is 1.63 bits per heavy atom. The van der Waals surface area contributed by atoms with Crippen molar-refractivity contribution in [2.75, 3.05) is 0 Å². The van der Waals surface area contributed by atoms with E-state index >= 15 is 0 Å². The number of pyridine rings is 1. The summed E-state index contributed by atoms with van der Waals surface area (Å²) in [7, 11) is 0. The standard InChI is InChI=1S/C17H11ClF6N2O3.K.H/c18-14-9(6-25)11(17(22,23)24)7-26-15(14)29-13(28)5-12(27)8-3-1-2-4-10(8)16(19,20)21;;/h1-4,7H,5-6,25H2;;/q;+1;-1. The summed E-state index contributed by atoms with van der Waals surface area (Å²) in [6.07, 6.45) is -10.4.